The first kappa shape index (κ1) is 25.0. The van der Waals surface area contributed by atoms with Gasteiger partial charge in [0.1, 0.15) is 0 Å². The van der Waals surface area contributed by atoms with Crippen LogP contribution in [0.1, 0.15) is 43.7 Å². The highest BCUT2D eigenvalue weighted by Gasteiger charge is 2.30. The molecule has 2 saturated heterocycles. The van der Waals surface area contributed by atoms with Crippen LogP contribution in [0, 0.1) is 0 Å². The molecule has 2 unspecified atom stereocenters. The molecule has 3 fully saturated rings. The molecule has 2 aliphatic heterocycles. The zero-order chi connectivity index (χ0) is 20.8. The topological polar surface area (TPSA) is 52.1 Å². The van der Waals surface area contributed by atoms with Crippen molar-refractivity contribution in [3.63, 3.8) is 0 Å². The Balaban J connectivity index is 0.00000272. The first-order chi connectivity index (χ1) is 14.7. The molecule has 4 rings (SSSR count). The van der Waals surface area contributed by atoms with Gasteiger partial charge in [-0.25, -0.2) is 0 Å². The third-order valence-corrected chi connectivity index (χ3v) is 7.18. The van der Waals surface area contributed by atoms with Gasteiger partial charge >= 0.3 is 0 Å². The molecule has 1 aliphatic carbocycles. The molecule has 6 nitrogen and oxygen atoms in total. The molecule has 31 heavy (non-hydrogen) atoms. The highest BCUT2D eigenvalue weighted by molar-refractivity contribution is 14.0. The molecule has 3 aliphatic rings. The van der Waals surface area contributed by atoms with Gasteiger partial charge in [0.2, 0.25) is 0 Å². The summed E-state index contributed by atoms with van der Waals surface area (Å²) < 4.78 is 5.57. The molecule has 2 heterocycles. The summed E-state index contributed by atoms with van der Waals surface area (Å²) in [5, 5.41) is 8.07. The monoisotopic (exact) mass is 561 g/mol. The lowest BCUT2D eigenvalue weighted by Gasteiger charge is -2.35. The van der Waals surface area contributed by atoms with E-state index in [9.17, 15) is 0 Å². The lowest BCUT2D eigenvalue weighted by Crippen LogP contribution is -2.49. The largest absolute Gasteiger partial charge is 0.379 e. The molecule has 2 N–H and O–H groups in total. The van der Waals surface area contributed by atoms with Crippen LogP contribution in [0.5, 0.6) is 0 Å². The van der Waals surface area contributed by atoms with Crippen molar-refractivity contribution in [1.29, 1.82) is 0 Å². The SMILES string of the molecule is CN=C(NCC(c1ccccc1Cl)N1CCOCC1)NC1CCN(C2CCCC2)C1.I. The molecule has 2 atom stereocenters. The van der Waals surface area contributed by atoms with Gasteiger partial charge in [0.25, 0.3) is 0 Å². The van der Waals surface area contributed by atoms with Crippen molar-refractivity contribution in [2.75, 3.05) is 53.0 Å². The van der Waals surface area contributed by atoms with Crippen molar-refractivity contribution in [2.24, 2.45) is 4.99 Å². The molecule has 0 spiro atoms. The van der Waals surface area contributed by atoms with Gasteiger partial charge in [-0.3, -0.25) is 14.8 Å². The Hall–Kier alpha value is -0.610. The van der Waals surface area contributed by atoms with Crippen molar-refractivity contribution < 1.29 is 4.74 Å². The zero-order valence-corrected chi connectivity index (χ0v) is 21.6. The second-order valence-electron chi connectivity index (χ2n) is 8.70. The number of hydrogen-bond donors (Lipinski definition) is 2. The van der Waals surface area contributed by atoms with Gasteiger partial charge in [0, 0.05) is 56.9 Å². The quantitative estimate of drug-likeness (QED) is 0.316. The molecule has 0 bridgehead atoms. The number of likely N-dealkylation sites (tertiary alicyclic amines) is 1. The summed E-state index contributed by atoms with van der Waals surface area (Å²) in [7, 11) is 1.86. The molecule has 0 aromatic heterocycles. The molecule has 8 heteroatoms. The second-order valence-corrected chi connectivity index (χ2v) is 9.11. The Morgan fingerprint density at radius 2 is 1.90 bits per heavy atom. The summed E-state index contributed by atoms with van der Waals surface area (Å²) in [4.78, 5) is 9.65. The summed E-state index contributed by atoms with van der Waals surface area (Å²) in [6, 6.07) is 9.64. The van der Waals surface area contributed by atoms with Crippen molar-refractivity contribution >= 4 is 41.5 Å². The summed E-state index contributed by atoms with van der Waals surface area (Å²) in [5.41, 5.74) is 1.16. The van der Waals surface area contributed by atoms with Gasteiger partial charge in [0.05, 0.1) is 19.3 Å². The fourth-order valence-corrected chi connectivity index (χ4v) is 5.42. The zero-order valence-electron chi connectivity index (χ0n) is 18.6. The van der Waals surface area contributed by atoms with Crippen molar-refractivity contribution in [2.45, 2.75) is 50.2 Å². The van der Waals surface area contributed by atoms with E-state index in [4.69, 9.17) is 16.3 Å². The van der Waals surface area contributed by atoms with E-state index in [1.807, 2.05) is 19.2 Å². The fourth-order valence-electron chi connectivity index (χ4n) is 5.16. The second kappa shape index (κ2) is 12.6. The fraction of sp³-hybridized carbons (Fsp3) is 0.696. The first-order valence-electron chi connectivity index (χ1n) is 11.5. The Kier molecular flexibility index (Phi) is 10.2. The Morgan fingerprint density at radius 3 is 2.61 bits per heavy atom. The number of guanidine groups is 1. The van der Waals surface area contributed by atoms with E-state index < -0.39 is 0 Å². The summed E-state index contributed by atoms with van der Waals surface area (Å²) in [5.74, 6) is 0.888. The Morgan fingerprint density at radius 1 is 1.16 bits per heavy atom. The molecular formula is C23H37ClIN5O. The third-order valence-electron chi connectivity index (χ3n) is 6.84. The number of rotatable bonds is 6. The van der Waals surface area contributed by atoms with Crippen LogP contribution in [0.4, 0.5) is 0 Å². The molecular weight excluding hydrogens is 525 g/mol. The smallest absolute Gasteiger partial charge is 0.191 e. The lowest BCUT2D eigenvalue weighted by atomic mass is 10.0. The number of aliphatic imine (C=N–C) groups is 1. The van der Waals surface area contributed by atoms with Gasteiger partial charge in [0.15, 0.2) is 5.96 Å². The third kappa shape index (κ3) is 6.69. The predicted octanol–water partition coefficient (Wildman–Crippen LogP) is 3.51. The number of morpholine rings is 1. The maximum atomic E-state index is 6.57. The van der Waals surface area contributed by atoms with Crippen molar-refractivity contribution in [3.05, 3.63) is 34.9 Å². The summed E-state index contributed by atoms with van der Waals surface area (Å²) >= 11 is 6.57. The predicted molar refractivity (Wildman–Crippen MR) is 139 cm³/mol. The maximum absolute atomic E-state index is 6.57. The van der Waals surface area contributed by atoms with Gasteiger partial charge in [-0.15, -0.1) is 24.0 Å². The van der Waals surface area contributed by atoms with Gasteiger partial charge in [-0.2, -0.15) is 0 Å². The number of benzene rings is 1. The van der Waals surface area contributed by atoms with Crippen LogP contribution in [-0.2, 0) is 4.74 Å². The molecule has 0 radical (unpaired) electrons. The Labute approximate surface area is 209 Å². The van der Waals surface area contributed by atoms with E-state index >= 15 is 0 Å². The highest BCUT2D eigenvalue weighted by atomic mass is 127. The van der Waals surface area contributed by atoms with E-state index in [1.54, 1.807) is 0 Å². The van der Waals surface area contributed by atoms with Gasteiger partial charge < -0.3 is 15.4 Å². The standard InChI is InChI=1S/C23H36ClN5O.HI/c1-25-23(27-18-10-11-29(17-18)19-6-2-3-7-19)26-16-22(28-12-14-30-15-13-28)20-8-4-5-9-21(20)24;/h4-5,8-9,18-19,22H,2-3,6-7,10-17H2,1H3,(H2,25,26,27);1H. The molecule has 1 saturated carbocycles. The normalized spacial score (nSPS) is 24.7. The van der Waals surface area contributed by atoms with Gasteiger partial charge in [-0.1, -0.05) is 42.6 Å². The van der Waals surface area contributed by atoms with Crippen LogP contribution in [-0.4, -0.2) is 80.8 Å². The average molecular weight is 562 g/mol. The minimum absolute atomic E-state index is 0. The highest BCUT2D eigenvalue weighted by Crippen LogP contribution is 2.28. The van der Waals surface area contributed by atoms with Crippen LogP contribution < -0.4 is 10.6 Å². The lowest BCUT2D eigenvalue weighted by molar-refractivity contribution is 0.0170. The maximum Gasteiger partial charge on any atom is 0.191 e. The number of halogens is 2. The van der Waals surface area contributed by atoms with Crippen LogP contribution >= 0.6 is 35.6 Å². The number of ether oxygens (including phenoxy) is 1. The molecule has 1 aromatic rings. The van der Waals surface area contributed by atoms with Crippen LogP contribution in [0.15, 0.2) is 29.3 Å². The van der Waals surface area contributed by atoms with Crippen LogP contribution in [0.2, 0.25) is 5.02 Å². The Bertz CT molecular complexity index is 709. The van der Waals surface area contributed by atoms with E-state index in [1.165, 1.54) is 38.6 Å². The summed E-state index contributed by atoms with van der Waals surface area (Å²) in [6.07, 6.45) is 6.73. The van der Waals surface area contributed by atoms with Gasteiger partial charge in [-0.05, 0) is 30.9 Å². The van der Waals surface area contributed by atoms with Crippen LogP contribution in [0.3, 0.4) is 0 Å². The molecule has 1 aromatic carbocycles. The number of hydrogen-bond acceptors (Lipinski definition) is 4. The molecule has 174 valence electrons. The van der Waals surface area contributed by atoms with Crippen molar-refractivity contribution in [3.8, 4) is 0 Å². The minimum atomic E-state index is 0. The number of nitrogens with one attached hydrogen (secondary N) is 2. The van der Waals surface area contributed by atoms with E-state index in [0.29, 0.717) is 6.04 Å². The molecule has 0 amide bonds. The minimum Gasteiger partial charge on any atom is -0.379 e. The average Bonchev–Trinajstić information content (AvgIpc) is 3.47. The van der Waals surface area contributed by atoms with E-state index in [2.05, 4.69) is 37.6 Å². The van der Waals surface area contributed by atoms with Crippen LogP contribution in [0.25, 0.3) is 0 Å². The number of nitrogens with zero attached hydrogens (tertiary/aromatic N) is 3. The first-order valence-corrected chi connectivity index (χ1v) is 11.9. The van der Waals surface area contributed by atoms with Crippen molar-refractivity contribution in [1.82, 2.24) is 20.4 Å². The van der Waals surface area contributed by atoms with E-state index in [0.717, 1.165) is 62.0 Å². The summed E-state index contributed by atoms with van der Waals surface area (Å²) in [6.45, 7) is 6.48. The van der Waals surface area contributed by atoms with E-state index in [-0.39, 0.29) is 30.0 Å².